The molecule has 0 N–H and O–H groups in total. The first-order valence-corrected chi connectivity index (χ1v) is 9.69. The van der Waals surface area contributed by atoms with Gasteiger partial charge in [-0.15, -0.1) is 0 Å². The van der Waals surface area contributed by atoms with Gasteiger partial charge in [0.1, 0.15) is 11.5 Å². The van der Waals surface area contributed by atoms with E-state index in [1.54, 1.807) is 0 Å². The molecule has 2 aliphatic rings. The van der Waals surface area contributed by atoms with Crippen molar-refractivity contribution in [2.24, 2.45) is 0 Å². The maximum Gasteiger partial charge on any atom is 0.192 e. The summed E-state index contributed by atoms with van der Waals surface area (Å²) in [6.07, 6.45) is 9.27. The highest BCUT2D eigenvalue weighted by Gasteiger charge is 2.28. The highest BCUT2D eigenvalue weighted by Crippen LogP contribution is 2.38. The van der Waals surface area contributed by atoms with E-state index in [1.807, 2.05) is 24.3 Å². The first-order chi connectivity index (χ1) is 13.3. The Morgan fingerprint density at radius 3 is 2.15 bits per heavy atom. The van der Waals surface area contributed by atoms with Gasteiger partial charge >= 0.3 is 0 Å². The minimum absolute atomic E-state index is 0.0452. The van der Waals surface area contributed by atoms with Crippen molar-refractivity contribution in [3.8, 4) is 11.5 Å². The number of para-hydroxylation sites is 4. The van der Waals surface area contributed by atoms with Crippen molar-refractivity contribution in [2.45, 2.75) is 32.7 Å². The molecule has 4 heteroatoms. The molecule has 2 unspecified atom stereocenters. The van der Waals surface area contributed by atoms with Gasteiger partial charge in [-0.1, -0.05) is 42.5 Å². The van der Waals surface area contributed by atoms with Gasteiger partial charge in [-0.05, 0) is 44.2 Å². The summed E-state index contributed by atoms with van der Waals surface area (Å²) in [5.74, 6) is 1.93. The summed E-state index contributed by atoms with van der Waals surface area (Å²) in [4.78, 5) is 4.56. The second-order valence-corrected chi connectivity index (χ2v) is 6.64. The third-order valence-electron chi connectivity index (χ3n) is 5.06. The zero-order valence-electron chi connectivity index (χ0n) is 15.9. The monoisotopic (exact) mass is 362 g/mol. The van der Waals surface area contributed by atoms with Crippen molar-refractivity contribution in [1.29, 1.82) is 0 Å². The molecule has 27 heavy (non-hydrogen) atoms. The summed E-state index contributed by atoms with van der Waals surface area (Å²) >= 11 is 0. The summed E-state index contributed by atoms with van der Waals surface area (Å²) in [5.41, 5.74) is 2.35. The number of benzene rings is 2. The summed E-state index contributed by atoms with van der Waals surface area (Å²) in [7, 11) is 0. The molecule has 0 radical (unpaired) electrons. The molecule has 2 aromatic rings. The van der Waals surface area contributed by atoms with Gasteiger partial charge in [0.25, 0.3) is 0 Å². The standard InChI is InChI=1S/C23H26N2O2/c1-3-24-18-12-8-10-14-20(18)26-22(24)16-6-5-7-17-23-25(4-2)19-13-9-11-15-21(19)27-23/h5-16,22-23H,3-4,17H2,1-2H3/b7-5+,16-6+. The summed E-state index contributed by atoms with van der Waals surface area (Å²) in [6, 6.07) is 16.4. The van der Waals surface area contributed by atoms with Crippen LogP contribution in [0.3, 0.4) is 0 Å². The third-order valence-corrected chi connectivity index (χ3v) is 5.06. The average Bonchev–Trinajstić information content (AvgIpc) is 3.24. The summed E-state index contributed by atoms with van der Waals surface area (Å²) < 4.78 is 12.1. The van der Waals surface area contributed by atoms with Crippen molar-refractivity contribution in [3.05, 3.63) is 72.8 Å². The van der Waals surface area contributed by atoms with Gasteiger partial charge in [0.15, 0.2) is 12.5 Å². The molecule has 0 amide bonds. The van der Waals surface area contributed by atoms with Gasteiger partial charge in [-0.2, -0.15) is 0 Å². The molecule has 2 aromatic carbocycles. The molecule has 0 saturated heterocycles. The van der Waals surface area contributed by atoms with E-state index >= 15 is 0 Å². The second kappa shape index (κ2) is 7.78. The lowest BCUT2D eigenvalue weighted by Gasteiger charge is -2.22. The fourth-order valence-corrected chi connectivity index (χ4v) is 3.76. The van der Waals surface area contributed by atoms with E-state index in [1.165, 1.54) is 5.69 Å². The zero-order chi connectivity index (χ0) is 18.6. The van der Waals surface area contributed by atoms with E-state index in [4.69, 9.17) is 9.47 Å². The number of nitrogens with zero attached hydrogens (tertiary/aromatic N) is 2. The molecule has 0 aromatic heterocycles. The zero-order valence-corrected chi connectivity index (χ0v) is 15.9. The van der Waals surface area contributed by atoms with Gasteiger partial charge in [0, 0.05) is 19.5 Å². The number of hydrogen-bond acceptors (Lipinski definition) is 4. The molecule has 4 rings (SSSR count). The van der Waals surface area contributed by atoms with E-state index in [2.05, 4.69) is 72.2 Å². The number of ether oxygens (including phenoxy) is 2. The highest BCUT2D eigenvalue weighted by molar-refractivity contribution is 5.63. The smallest absolute Gasteiger partial charge is 0.192 e. The lowest BCUT2D eigenvalue weighted by Crippen LogP contribution is -2.33. The van der Waals surface area contributed by atoms with Crippen LogP contribution in [0.4, 0.5) is 11.4 Å². The molecule has 0 aliphatic carbocycles. The number of fused-ring (bicyclic) bond motifs is 2. The van der Waals surface area contributed by atoms with Crippen LogP contribution < -0.4 is 19.3 Å². The lowest BCUT2D eigenvalue weighted by atomic mass is 10.2. The number of anilines is 2. The molecule has 0 spiro atoms. The molecule has 2 heterocycles. The Kier molecular flexibility index (Phi) is 5.05. The molecular weight excluding hydrogens is 336 g/mol. The van der Waals surface area contributed by atoms with Crippen molar-refractivity contribution in [1.82, 2.24) is 0 Å². The van der Waals surface area contributed by atoms with Gasteiger partial charge in [-0.25, -0.2) is 0 Å². The SMILES string of the molecule is CCN1c2ccccc2OC1/C=C/C=C/CC1Oc2ccccc2N1CC. The first-order valence-electron chi connectivity index (χ1n) is 9.69. The van der Waals surface area contributed by atoms with Crippen LogP contribution in [0.5, 0.6) is 11.5 Å². The van der Waals surface area contributed by atoms with E-state index < -0.39 is 0 Å². The molecule has 2 aliphatic heterocycles. The first kappa shape index (κ1) is 17.5. The predicted octanol–water partition coefficient (Wildman–Crippen LogP) is 4.98. The molecule has 140 valence electrons. The van der Waals surface area contributed by atoms with E-state index in [9.17, 15) is 0 Å². The Morgan fingerprint density at radius 1 is 0.815 bits per heavy atom. The second-order valence-electron chi connectivity index (χ2n) is 6.64. The number of allylic oxidation sites excluding steroid dienone is 2. The van der Waals surface area contributed by atoms with Crippen molar-refractivity contribution in [3.63, 3.8) is 0 Å². The largest absolute Gasteiger partial charge is 0.468 e. The van der Waals surface area contributed by atoms with E-state index in [0.717, 1.165) is 36.7 Å². The van der Waals surface area contributed by atoms with E-state index in [0.29, 0.717) is 0 Å². The maximum atomic E-state index is 6.08. The number of rotatable bonds is 6. The van der Waals surface area contributed by atoms with Gasteiger partial charge in [0.2, 0.25) is 0 Å². The van der Waals surface area contributed by atoms with Crippen molar-refractivity contribution in [2.75, 3.05) is 22.9 Å². The topological polar surface area (TPSA) is 24.9 Å². The van der Waals surface area contributed by atoms with Crippen LogP contribution in [-0.2, 0) is 0 Å². The van der Waals surface area contributed by atoms with Crippen LogP contribution in [0.2, 0.25) is 0 Å². The van der Waals surface area contributed by atoms with Crippen LogP contribution in [0.25, 0.3) is 0 Å². The fraction of sp³-hybridized carbons (Fsp3) is 0.304. The third kappa shape index (κ3) is 3.39. The molecule has 2 atom stereocenters. The van der Waals surface area contributed by atoms with Crippen LogP contribution >= 0.6 is 0 Å². The number of likely N-dealkylation sites (N-methyl/N-ethyl adjacent to an activating group) is 1. The predicted molar refractivity (Wildman–Crippen MR) is 111 cm³/mol. The Hall–Kier alpha value is -2.88. The minimum Gasteiger partial charge on any atom is -0.468 e. The van der Waals surface area contributed by atoms with Crippen LogP contribution in [0.15, 0.2) is 72.8 Å². The van der Waals surface area contributed by atoms with Gasteiger partial charge in [-0.3, -0.25) is 0 Å². The Labute approximate surface area is 161 Å². The van der Waals surface area contributed by atoms with Crippen LogP contribution in [0, 0.1) is 0 Å². The average molecular weight is 362 g/mol. The maximum absolute atomic E-state index is 6.08. The molecule has 0 bridgehead atoms. The van der Waals surface area contributed by atoms with Crippen LogP contribution in [-0.4, -0.2) is 25.5 Å². The highest BCUT2D eigenvalue weighted by atomic mass is 16.5. The van der Waals surface area contributed by atoms with Crippen molar-refractivity contribution < 1.29 is 9.47 Å². The molecule has 0 saturated carbocycles. The quantitative estimate of drug-likeness (QED) is 0.677. The molecule has 4 nitrogen and oxygen atoms in total. The van der Waals surface area contributed by atoms with Crippen LogP contribution in [0.1, 0.15) is 20.3 Å². The minimum atomic E-state index is -0.0452. The number of hydrogen-bond donors (Lipinski definition) is 0. The Balaban J connectivity index is 1.35. The van der Waals surface area contributed by atoms with Gasteiger partial charge < -0.3 is 19.3 Å². The molecular formula is C23H26N2O2. The summed E-state index contributed by atoms with van der Waals surface area (Å²) in [6.45, 7) is 6.16. The fourth-order valence-electron chi connectivity index (χ4n) is 3.76. The van der Waals surface area contributed by atoms with E-state index in [-0.39, 0.29) is 12.5 Å². The van der Waals surface area contributed by atoms with Gasteiger partial charge in [0.05, 0.1) is 11.4 Å². The molecule has 0 fully saturated rings. The van der Waals surface area contributed by atoms with Crippen molar-refractivity contribution >= 4 is 11.4 Å². The normalized spacial score (nSPS) is 20.8. The summed E-state index contributed by atoms with van der Waals surface area (Å²) in [5, 5.41) is 0. The lowest BCUT2D eigenvalue weighted by molar-refractivity contribution is 0.228. The Morgan fingerprint density at radius 2 is 1.44 bits per heavy atom. The Bertz CT molecular complexity index is 846.